The molecule has 8 heteroatoms. The number of ether oxygens (including phenoxy) is 1. The maximum Gasteiger partial charge on any atom is 0.341 e. The van der Waals surface area contributed by atoms with E-state index in [4.69, 9.17) is 9.84 Å². The lowest BCUT2D eigenvalue weighted by Gasteiger charge is -2.33. The summed E-state index contributed by atoms with van der Waals surface area (Å²) in [7, 11) is 0. The van der Waals surface area contributed by atoms with Gasteiger partial charge in [0.25, 0.3) is 0 Å². The number of imide groups is 2. The first-order valence-corrected chi connectivity index (χ1v) is 9.92. The summed E-state index contributed by atoms with van der Waals surface area (Å²) in [6.07, 6.45) is 0.294. The Hall–Kier alpha value is -4.20. The van der Waals surface area contributed by atoms with Crippen LogP contribution in [0, 0.1) is 0 Å². The van der Waals surface area contributed by atoms with E-state index in [2.05, 4.69) is 10.6 Å². The van der Waals surface area contributed by atoms with Crippen LogP contribution in [-0.2, 0) is 19.8 Å². The van der Waals surface area contributed by atoms with Crippen molar-refractivity contribution in [2.75, 3.05) is 6.61 Å². The van der Waals surface area contributed by atoms with Gasteiger partial charge in [-0.1, -0.05) is 67.6 Å². The van der Waals surface area contributed by atoms with Crippen LogP contribution < -0.4 is 15.4 Å². The summed E-state index contributed by atoms with van der Waals surface area (Å²) in [5.74, 6) is -1.53. The van der Waals surface area contributed by atoms with E-state index >= 15 is 0 Å². The molecule has 4 rings (SSSR count). The van der Waals surface area contributed by atoms with Gasteiger partial charge in [-0.2, -0.15) is 0 Å². The lowest BCUT2D eigenvalue weighted by Crippen LogP contribution is -2.64. The number of carboxylic acid groups (broad SMARTS) is 1. The monoisotopic (exact) mass is 434 g/mol. The molecule has 1 aliphatic heterocycles. The number of amides is 4. The van der Waals surface area contributed by atoms with Crippen LogP contribution in [0.3, 0.4) is 0 Å². The van der Waals surface area contributed by atoms with E-state index < -0.39 is 29.2 Å². The van der Waals surface area contributed by atoms with Gasteiger partial charge in [0.05, 0.1) is 0 Å². The van der Waals surface area contributed by atoms with Gasteiger partial charge < -0.3 is 9.84 Å². The molecule has 0 unspecified atom stereocenters. The van der Waals surface area contributed by atoms with Crippen molar-refractivity contribution in [2.45, 2.75) is 18.8 Å². The fourth-order valence-electron chi connectivity index (χ4n) is 3.47. The maximum absolute atomic E-state index is 12.0. The van der Waals surface area contributed by atoms with Crippen LogP contribution in [0.1, 0.15) is 18.9 Å². The molecule has 32 heavy (non-hydrogen) atoms. The second-order valence-electron chi connectivity index (χ2n) is 7.05. The van der Waals surface area contributed by atoms with E-state index in [0.717, 1.165) is 10.8 Å². The minimum Gasteiger partial charge on any atom is -0.482 e. The SMILES string of the molecule is CCC1(c2ccccc2)C(=O)NC(=O)NC1=O.O=C(O)COc1ccc2ccccc2c1. The van der Waals surface area contributed by atoms with Gasteiger partial charge in [0.2, 0.25) is 11.8 Å². The number of carboxylic acids is 1. The van der Waals surface area contributed by atoms with Crippen molar-refractivity contribution in [3.8, 4) is 5.75 Å². The summed E-state index contributed by atoms with van der Waals surface area (Å²) in [6.45, 7) is 1.43. The highest BCUT2D eigenvalue weighted by molar-refractivity contribution is 6.22. The van der Waals surface area contributed by atoms with Crippen molar-refractivity contribution in [1.82, 2.24) is 10.6 Å². The number of benzene rings is 3. The third-order valence-corrected chi connectivity index (χ3v) is 5.11. The summed E-state index contributed by atoms with van der Waals surface area (Å²) in [5.41, 5.74) is -0.722. The molecule has 0 radical (unpaired) electrons. The Labute approximate surface area is 184 Å². The van der Waals surface area contributed by atoms with Crippen molar-refractivity contribution < 1.29 is 29.0 Å². The molecule has 1 saturated heterocycles. The summed E-state index contributed by atoms with van der Waals surface area (Å²) >= 11 is 0. The first-order chi connectivity index (χ1) is 15.4. The smallest absolute Gasteiger partial charge is 0.341 e. The number of carbonyl (C=O) groups is 4. The average molecular weight is 434 g/mol. The summed E-state index contributed by atoms with van der Waals surface area (Å²) in [6, 6.07) is 21.3. The first kappa shape index (κ1) is 22.5. The molecule has 0 bridgehead atoms. The van der Waals surface area contributed by atoms with E-state index in [1.807, 2.05) is 36.4 Å². The molecule has 164 valence electrons. The Morgan fingerprint density at radius 2 is 1.47 bits per heavy atom. The van der Waals surface area contributed by atoms with Gasteiger partial charge in [0, 0.05) is 0 Å². The van der Waals surface area contributed by atoms with E-state index in [0.29, 0.717) is 17.7 Å². The number of aliphatic carboxylic acids is 1. The molecule has 0 spiro atoms. The quantitative estimate of drug-likeness (QED) is 0.531. The number of nitrogens with one attached hydrogen (secondary N) is 2. The molecule has 0 aliphatic carbocycles. The Balaban J connectivity index is 0.000000182. The summed E-state index contributed by atoms with van der Waals surface area (Å²) in [4.78, 5) is 45.3. The summed E-state index contributed by atoms with van der Waals surface area (Å²) < 4.78 is 5.08. The number of hydrogen-bond acceptors (Lipinski definition) is 5. The highest BCUT2D eigenvalue weighted by Crippen LogP contribution is 2.30. The Morgan fingerprint density at radius 1 is 0.875 bits per heavy atom. The zero-order chi connectivity index (χ0) is 23.1. The van der Waals surface area contributed by atoms with Crippen molar-refractivity contribution in [1.29, 1.82) is 0 Å². The fraction of sp³-hybridized carbons (Fsp3) is 0.167. The molecule has 3 aromatic carbocycles. The first-order valence-electron chi connectivity index (χ1n) is 9.92. The van der Waals surface area contributed by atoms with E-state index in [9.17, 15) is 19.2 Å². The highest BCUT2D eigenvalue weighted by atomic mass is 16.5. The van der Waals surface area contributed by atoms with Gasteiger partial charge in [0.1, 0.15) is 5.75 Å². The zero-order valence-corrected chi connectivity index (χ0v) is 17.3. The lowest BCUT2D eigenvalue weighted by atomic mass is 9.75. The van der Waals surface area contributed by atoms with Crippen molar-refractivity contribution >= 4 is 34.6 Å². The Morgan fingerprint density at radius 3 is 2.06 bits per heavy atom. The molecule has 3 aromatic rings. The molecule has 8 nitrogen and oxygen atoms in total. The molecule has 4 amide bonds. The largest absolute Gasteiger partial charge is 0.482 e. The third-order valence-electron chi connectivity index (χ3n) is 5.11. The molecule has 0 atom stereocenters. The molecule has 0 aromatic heterocycles. The molecular weight excluding hydrogens is 412 g/mol. The van der Waals surface area contributed by atoms with Crippen LogP contribution in [0.5, 0.6) is 5.75 Å². The van der Waals surface area contributed by atoms with Crippen LogP contribution >= 0.6 is 0 Å². The van der Waals surface area contributed by atoms with Crippen molar-refractivity contribution in [2.24, 2.45) is 0 Å². The Kier molecular flexibility index (Phi) is 6.84. The minimum atomic E-state index is -1.31. The van der Waals surface area contributed by atoms with Crippen LogP contribution in [0.15, 0.2) is 72.8 Å². The topological polar surface area (TPSA) is 122 Å². The number of urea groups is 1. The number of fused-ring (bicyclic) bond motifs is 1. The zero-order valence-electron chi connectivity index (χ0n) is 17.3. The van der Waals surface area contributed by atoms with Gasteiger partial charge in [-0.3, -0.25) is 20.2 Å². The predicted octanol–water partition coefficient (Wildman–Crippen LogP) is 3.00. The van der Waals surface area contributed by atoms with Crippen LogP contribution in [0.25, 0.3) is 10.8 Å². The second-order valence-corrected chi connectivity index (χ2v) is 7.05. The van der Waals surface area contributed by atoms with E-state index in [1.54, 1.807) is 43.3 Å². The van der Waals surface area contributed by atoms with Crippen molar-refractivity contribution in [3.63, 3.8) is 0 Å². The van der Waals surface area contributed by atoms with E-state index in [1.165, 1.54) is 0 Å². The number of rotatable bonds is 5. The maximum atomic E-state index is 12.0. The standard InChI is InChI=1S/C12H12N2O3.C12H10O3/c1-2-12(8-6-4-3-5-7-8)9(15)13-11(17)14-10(12)16;13-12(14)8-15-11-6-5-9-3-1-2-4-10(9)7-11/h3-7H,2H2,1H3,(H2,13,14,15,16,17);1-7H,8H2,(H,13,14). The fourth-order valence-corrected chi connectivity index (χ4v) is 3.47. The molecule has 1 heterocycles. The highest BCUT2D eigenvalue weighted by Gasteiger charge is 2.50. The second kappa shape index (κ2) is 9.74. The molecular formula is C24H22N2O6. The number of hydrogen-bond donors (Lipinski definition) is 3. The summed E-state index contributed by atoms with van der Waals surface area (Å²) in [5, 5.41) is 14.9. The molecule has 1 fully saturated rings. The van der Waals surface area contributed by atoms with Gasteiger partial charge in [-0.15, -0.1) is 0 Å². The Bertz CT molecular complexity index is 1140. The minimum absolute atomic E-state index is 0.294. The predicted molar refractivity (Wildman–Crippen MR) is 117 cm³/mol. The van der Waals surface area contributed by atoms with E-state index in [-0.39, 0.29) is 6.61 Å². The lowest BCUT2D eigenvalue weighted by molar-refractivity contribution is -0.140. The van der Waals surface area contributed by atoms with Crippen LogP contribution in [0.2, 0.25) is 0 Å². The van der Waals surface area contributed by atoms with Gasteiger partial charge in [-0.05, 0) is 34.9 Å². The number of barbiturate groups is 1. The average Bonchev–Trinajstić information content (AvgIpc) is 2.79. The van der Waals surface area contributed by atoms with Gasteiger partial charge in [0.15, 0.2) is 12.0 Å². The van der Waals surface area contributed by atoms with Gasteiger partial charge in [-0.25, -0.2) is 9.59 Å². The van der Waals surface area contributed by atoms with Gasteiger partial charge >= 0.3 is 12.0 Å². The molecule has 0 saturated carbocycles. The van der Waals surface area contributed by atoms with Crippen molar-refractivity contribution in [3.05, 3.63) is 78.4 Å². The number of carbonyl (C=O) groups excluding carboxylic acids is 3. The van der Waals surface area contributed by atoms with Crippen LogP contribution in [0.4, 0.5) is 4.79 Å². The third kappa shape index (κ3) is 4.75. The normalized spacial score (nSPS) is 14.6. The molecule has 1 aliphatic rings. The molecule has 3 N–H and O–H groups in total. The van der Waals surface area contributed by atoms with Crippen LogP contribution in [-0.4, -0.2) is 35.5 Å².